The van der Waals surface area contributed by atoms with E-state index in [0.717, 1.165) is 27.9 Å². The fourth-order valence-corrected chi connectivity index (χ4v) is 5.64. The molecule has 1 unspecified atom stereocenters. The molecule has 8 nitrogen and oxygen atoms in total. The van der Waals surface area contributed by atoms with Crippen LogP contribution < -0.4 is 15.4 Å². The number of carbonyl (C=O) groups excluding carboxylic acids is 1. The first-order chi connectivity index (χ1) is 19.1. The first kappa shape index (κ1) is 24.8. The van der Waals surface area contributed by atoms with Gasteiger partial charge < -0.3 is 20.4 Å². The average molecular weight is 537 g/mol. The molecule has 3 heterocycles. The second-order valence-corrected chi connectivity index (χ2v) is 10.1. The van der Waals surface area contributed by atoms with Crippen molar-refractivity contribution in [3.8, 4) is 5.75 Å². The number of anilines is 2. The predicted molar refractivity (Wildman–Crippen MR) is 155 cm³/mol. The molecule has 5 aromatic rings. The van der Waals surface area contributed by atoms with Crippen LogP contribution in [-0.4, -0.2) is 32.3 Å². The number of aromatic amines is 1. The van der Waals surface area contributed by atoms with Crippen LogP contribution >= 0.6 is 11.8 Å². The number of carbonyl (C=O) groups is 1. The van der Waals surface area contributed by atoms with E-state index in [0.29, 0.717) is 34.7 Å². The van der Waals surface area contributed by atoms with Gasteiger partial charge in [0, 0.05) is 34.1 Å². The minimum Gasteiger partial charge on any atom is -0.492 e. The average Bonchev–Trinajstić information content (AvgIpc) is 3.57. The van der Waals surface area contributed by atoms with E-state index in [1.165, 1.54) is 5.56 Å². The maximum absolute atomic E-state index is 14.0. The number of nitrogens with one attached hydrogen (secondary N) is 3. The number of allylic oxidation sites excluding steroid dienone is 1. The van der Waals surface area contributed by atoms with Crippen molar-refractivity contribution >= 4 is 40.2 Å². The van der Waals surface area contributed by atoms with Crippen molar-refractivity contribution < 1.29 is 9.53 Å². The molecule has 39 heavy (non-hydrogen) atoms. The number of hydrogen-bond donors (Lipinski definition) is 3. The predicted octanol–water partition coefficient (Wildman–Crippen LogP) is 6.38. The summed E-state index contributed by atoms with van der Waals surface area (Å²) in [5.41, 5.74) is 5.02. The summed E-state index contributed by atoms with van der Waals surface area (Å²) < 4.78 is 7.57. The van der Waals surface area contributed by atoms with Crippen molar-refractivity contribution in [1.29, 1.82) is 0 Å². The fourth-order valence-electron chi connectivity index (χ4n) is 4.86. The Morgan fingerprint density at radius 1 is 1.05 bits per heavy atom. The fraction of sp³-hybridized carbons (Fsp3) is 0.167. The molecule has 1 aliphatic heterocycles. The molecule has 0 saturated heterocycles. The van der Waals surface area contributed by atoms with E-state index in [4.69, 9.17) is 14.8 Å². The lowest BCUT2D eigenvalue weighted by atomic mass is 9.94. The number of fused-ring (bicyclic) bond motifs is 2. The molecule has 1 amide bonds. The van der Waals surface area contributed by atoms with Gasteiger partial charge in [-0.1, -0.05) is 72.4 Å². The molecule has 0 aliphatic carbocycles. The maximum atomic E-state index is 14.0. The van der Waals surface area contributed by atoms with Crippen LogP contribution in [0.25, 0.3) is 10.9 Å². The monoisotopic (exact) mass is 536 g/mol. The summed E-state index contributed by atoms with van der Waals surface area (Å²) in [5.74, 6) is 1.74. The standard InChI is InChI=1S/C30H28N6O2S/c1-3-38-25-16-10-9-15-24(25)33-28(37)26-19(2)32-29-34-30(39-18-20-11-5-4-6-12-20)35-36(29)27(26)22-17-31-23-14-8-7-13-21(22)23/h4-17,27,31H,3,18H2,1-2H3,(H,33,37)(H,32,34,35). The third kappa shape index (κ3) is 4.88. The number of para-hydroxylation sites is 3. The molecule has 0 bridgehead atoms. The highest BCUT2D eigenvalue weighted by Crippen LogP contribution is 2.40. The Kier molecular flexibility index (Phi) is 6.81. The van der Waals surface area contributed by atoms with Crippen molar-refractivity contribution in [2.45, 2.75) is 30.8 Å². The molecule has 6 rings (SSSR count). The van der Waals surface area contributed by atoms with E-state index in [1.54, 1.807) is 11.8 Å². The molecule has 0 spiro atoms. The highest BCUT2D eigenvalue weighted by Gasteiger charge is 2.36. The molecule has 196 valence electrons. The Hall–Kier alpha value is -4.50. The summed E-state index contributed by atoms with van der Waals surface area (Å²) in [6.45, 7) is 4.32. The van der Waals surface area contributed by atoms with Gasteiger partial charge in [0.2, 0.25) is 11.1 Å². The van der Waals surface area contributed by atoms with Gasteiger partial charge in [0.25, 0.3) is 5.91 Å². The number of ether oxygens (including phenoxy) is 1. The van der Waals surface area contributed by atoms with Crippen LogP contribution in [0.1, 0.15) is 31.0 Å². The SMILES string of the molecule is CCOc1ccccc1NC(=O)C1=C(C)Nc2nc(SCc3ccccc3)nn2C1c1c[nH]c2ccccc12. The lowest BCUT2D eigenvalue weighted by Crippen LogP contribution is -2.31. The van der Waals surface area contributed by atoms with Gasteiger partial charge in [0.15, 0.2) is 0 Å². The number of amides is 1. The number of benzene rings is 3. The molecular weight excluding hydrogens is 508 g/mol. The molecular formula is C30H28N6O2S. The summed E-state index contributed by atoms with van der Waals surface area (Å²) in [5, 5.41) is 13.0. The van der Waals surface area contributed by atoms with E-state index in [1.807, 2.05) is 85.4 Å². The van der Waals surface area contributed by atoms with Crippen molar-refractivity contribution in [3.05, 3.63) is 107 Å². The summed E-state index contributed by atoms with van der Waals surface area (Å²) in [6.07, 6.45) is 1.96. The second kappa shape index (κ2) is 10.7. The zero-order valence-electron chi connectivity index (χ0n) is 21.6. The number of H-pyrrole nitrogens is 1. The molecule has 2 aromatic heterocycles. The zero-order chi connectivity index (χ0) is 26.8. The number of nitrogens with zero attached hydrogens (tertiary/aromatic N) is 3. The minimum atomic E-state index is -0.491. The van der Waals surface area contributed by atoms with Crippen LogP contribution in [0.5, 0.6) is 5.75 Å². The second-order valence-electron chi connectivity index (χ2n) is 9.18. The van der Waals surface area contributed by atoms with E-state index < -0.39 is 6.04 Å². The van der Waals surface area contributed by atoms with Gasteiger partial charge in [-0.05, 0) is 37.6 Å². The number of rotatable bonds is 8. The highest BCUT2D eigenvalue weighted by atomic mass is 32.2. The summed E-state index contributed by atoms with van der Waals surface area (Å²) in [7, 11) is 0. The molecule has 3 aromatic carbocycles. The minimum absolute atomic E-state index is 0.234. The van der Waals surface area contributed by atoms with Crippen molar-refractivity contribution in [2.75, 3.05) is 17.2 Å². The van der Waals surface area contributed by atoms with Crippen LogP contribution in [0.2, 0.25) is 0 Å². The van der Waals surface area contributed by atoms with E-state index in [9.17, 15) is 4.79 Å². The lowest BCUT2D eigenvalue weighted by Gasteiger charge is -2.28. The van der Waals surface area contributed by atoms with Crippen LogP contribution in [0.4, 0.5) is 11.6 Å². The molecule has 1 atom stereocenters. The maximum Gasteiger partial charge on any atom is 0.255 e. The van der Waals surface area contributed by atoms with Crippen LogP contribution in [0.3, 0.4) is 0 Å². The number of thioether (sulfide) groups is 1. The molecule has 9 heteroatoms. The Morgan fingerprint density at radius 3 is 2.67 bits per heavy atom. The van der Waals surface area contributed by atoms with Crippen LogP contribution in [-0.2, 0) is 10.5 Å². The Labute approximate surface area is 230 Å². The van der Waals surface area contributed by atoms with Gasteiger partial charge in [-0.2, -0.15) is 4.98 Å². The van der Waals surface area contributed by atoms with Gasteiger partial charge in [0.05, 0.1) is 17.9 Å². The van der Waals surface area contributed by atoms with Gasteiger partial charge in [-0.15, -0.1) is 5.10 Å². The van der Waals surface area contributed by atoms with Gasteiger partial charge >= 0.3 is 0 Å². The first-order valence-electron chi connectivity index (χ1n) is 12.8. The highest BCUT2D eigenvalue weighted by molar-refractivity contribution is 7.98. The van der Waals surface area contributed by atoms with Crippen molar-refractivity contribution in [3.63, 3.8) is 0 Å². The Morgan fingerprint density at radius 2 is 1.82 bits per heavy atom. The smallest absolute Gasteiger partial charge is 0.255 e. The summed E-state index contributed by atoms with van der Waals surface area (Å²) in [4.78, 5) is 22.1. The zero-order valence-corrected chi connectivity index (χ0v) is 22.5. The number of hydrogen-bond acceptors (Lipinski definition) is 6. The third-order valence-electron chi connectivity index (χ3n) is 6.64. The normalized spacial score (nSPS) is 14.7. The van der Waals surface area contributed by atoms with Crippen molar-refractivity contribution in [2.24, 2.45) is 0 Å². The number of aromatic nitrogens is 4. The van der Waals surface area contributed by atoms with Gasteiger partial charge in [-0.3, -0.25) is 4.79 Å². The summed E-state index contributed by atoms with van der Waals surface area (Å²) >= 11 is 1.56. The van der Waals surface area contributed by atoms with Gasteiger partial charge in [0.1, 0.15) is 11.8 Å². The first-order valence-corrected chi connectivity index (χ1v) is 13.8. The van der Waals surface area contributed by atoms with Crippen molar-refractivity contribution in [1.82, 2.24) is 19.7 Å². The summed E-state index contributed by atoms with van der Waals surface area (Å²) in [6, 6.07) is 25.3. The van der Waals surface area contributed by atoms with E-state index in [-0.39, 0.29) is 5.91 Å². The Bertz CT molecular complexity index is 1670. The molecule has 0 fully saturated rings. The third-order valence-corrected chi connectivity index (χ3v) is 7.55. The van der Waals surface area contributed by atoms with E-state index >= 15 is 0 Å². The molecule has 1 aliphatic rings. The van der Waals surface area contributed by atoms with Gasteiger partial charge in [-0.25, -0.2) is 4.68 Å². The van der Waals surface area contributed by atoms with Crippen LogP contribution in [0.15, 0.2) is 101 Å². The molecule has 0 radical (unpaired) electrons. The van der Waals surface area contributed by atoms with E-state index in [2.05, 4.69) is 33.8 Å². The Balaban J connectivity index is 1.39. The lowest BCUT2D eigenvalue weighted by molar-refractivity contribution is -0.113. The molecule has 0 saturated carbocycles. The quantitative estimate of drug-likeness (QED) is 0.199. The van der Waals surface area contributed by atoms with Crippen LogP contribution in [0, 0.1) is 0 Å². The topological polar surface area (TPSA) is 96.9 Å². The molecule has 3 N–H and O–H groups in total. The largest absolute Gasteiger partial charge is 0.492 e.